The predicted octanol–water partition coefficient (Wildman–Crippen LogP) is 0.426. The van der Waals surface area contributed by atoms with Crippen LogP contribution in [-0.2, 0) is 9.59 Å². The quantitative estimate of drug-likeness (QED) is 0.690. The highest BCUT2D eigenvalue weighted by molar-refractivity contribution is 5.96. The van der Waals surface area contributed by atoms with Gasteiger partial charge in [-0.1, -0.05) is 27.2 Å². The van der Waals surface area contributed by atoms with Crippen molar-refractivity contribution in [3.63, 3.8) is 0 Å². The molecule has 0 aromatic rings. The maximum atomic E-state index is 11.5. The first-order chi connectivity index (χ1) is 6.56. The number of carbonyl (C=O) groups is 2. The second kappa shape index (κ2) is 4.44. The van der Waals surface area contributed by atoms with Crippen molar-refractivity contribution in [3.05, 3.63) is 0 Å². The maximum absolute atomic E-state index is 11.5. The van der Waals surface area contributed by atoms with Gasteiger partial charge in [0.1, 0.15) is 12.1 Å². The number of piperazine rings is 1. The molecule has 4 nitrogen and oxygen atoms in total. The van der Waals surface area contributed by atoms with Crippen LogP contribution in [0.15, 0.2) is 0 Å². The zero-order valence-electron chi connectivity index (χ0n) is 8.96. The molecular weight excluding hydrogens is 180 g/mol. The number of carbonyl (C=O) groups excluding carboxylic acids is 2. The summed E-state index contributed by atoms with van der Waals surface area (Å²) in [6.45, 7) is 5.84. The SMILES string of the molecule is CCCC1NC(=O)C(C(C)C)NC1=O. The van der Waals surface area contributed by atoms with E-state index in [2.05, 4.69) is 10.6 Å². The fourth-order valence-electron chi connectivity index (χ4n) is 1.61. The zero-order chi connectivity index (χ0) is 10.7. The number of hydrogen-bond donors (Lipinski definition) is 2. The van der Waals surface area contributed by atoms with Crippen molar-refractivity contribution >= 4 is 11.8 Å². The first-order valence-electron chi connectivity index (χ1n) is 5.17. The average Bonchev–Trinajstić information content (AvgIpc) is 2.10. The monoisotopic (exact) mass is 198 g/mol. The van der Waals surface area contributed by atoms with Gasteiger partial charge in [-0.3, -0.25) is 9.59 Å². The largest absolute Gasteiger partial charge is 0.343 e. The minimum atomic E-state index is -0.365. The smallest absolute Gasteiger partial charge is 0.243 e. The van der Waals surface area contributed by atoms with Gasteiger partial charge in [-0.15, -0.1) is 0 Å². The van der Waals surface area contributed by atoms with Gasteiger partial charge in [0.2, 0.25) is 11.8 Å². The number of hydrogen-bond acceptors (Lipinski definition) is 2. The molecule has 2 amide bonds. The molecule has 14 heavy (non-hydrogen) atoms. The summed E-state index contributed by atoms with van der Waals surface area (Å²) < 4.78 is 0. The van der Waals surface area contributed by atoms with Gasteiger partial charge in [-0.2, -0.15) is 0 Å². The maximum Gasteiger partial charge on any atom is 0.243 e. The second-order valence-electron chi connectivity index (χ2n) is 4.08. The van der Waals surface area contributed by atoms with Crippen LogP contribution in [0.1, 0.15) is 33.6 Å². The highest BCUT2D eigenvalue weighted by atomic mass is 16.2. The molecule has 0 aromatic heterocycles. The molecule has 0 radical (unpaired) electrons. The highest BCUT2D eigenvalue weighted by Gasteiger charge is 2.34. The Morgan fingerprint density at radius 3 is 2.36 bits per heavy atom. The van der Waals surface area contributed by atoms with Crippen LogP contribution < -0.4 is 10.6 Å². The summed E-state index contributed by atoms with van der Waals surface area (Å²) in [4.78, 5) is 23.1. The first kappa shape index (κ1) is 11.0. The molecule has 80 valence electrons. The van der Waals surface area contributed by atoms with E-state index in [4.69, 9.17) is 0 Å². The van der Waals surface area contributed by atoms with E-state index in [1.165, 1.54) is 0 Å². The third-order valence-electron chi connectivity index (χ3n) is 2.46. The highest BCUT2D eigenvalue weighted by Crippen LogP contribution is 2.09. The number of rotatable bonds is 3. The van der Waals surface area contributed by atoms with Gasteiger partial charge >= 0.3 is 0 Å². The molecule has 0 aliphatic carbocycles. The van der Waals surface area contributed by atoms with Gasteiger partial charge in [0, 0.05) is 0 Å². The van der Waals surface area contributed by atoms with E-state index in [0.717, 1.165) is 6.42 Å². The summed E-state index contributed by atoms with van der Waals surface area (Å²) in [5, 5.41) is 5.50. The Morgan fingerprint density at radius 1 is 1.21 bits per heavy atom. The molecule has 1 saturated heterocycles. The van der Waals surface area contributed by atoms with Gasteiger partial charge in [-0.05, 0) is 12.3 Å². The van der Waals surface area contributed by atoms with E-state index in [9.17, 15) is 9.59 Å². The standard InChI is InChI=1S/C10H18N2O2/c1-4-5-7-9(13)12-8(6(2)3)10(14)11-7/h6-8H,4-5H2,1-3H3,(H,11,14)(H,12,13). The molecule has 1 fully saturated rings. The van der Waals surface area contributed by atoms with Crippen LogP contribution in [-0.4, -0.2) is 23.9 Å². The summed E-state index contributed by atoms with van der Waals surface area (Å²) >= 11 is 0. The van der Waals surface area contributed by atoms with Gasteiger partial charge in [0.25, 0.3) is 0 Å². The lowest BCUT2D eigenvalue weighted by atomic mass is 9.98. The molecule has 2 atom stereocenters. The van der Waals surface area contributed by atoms with Crippen molar-refractivity contribution in [3.8, 4) is 0 Å². The normalized spacial score (nSPS) is 27.4. The molecule has 2 N–H and O–H groups in total. The first-order valence-corrected chi connectivity index (χ1v) is 5.17. The number of nitrogens with one attached hydrogen (secondary N) is 2. The Balaban J connectivity index is 2.62. The summed E-state index contributed by atoms with van der Waals surface area (Å²) in [5.74, 6) is 0.0322. The van der Waals surface area contributed by atoms with E-state index in [-0.39, 0.29) is 29.8 Å². The zero-order valence-corrected chi connectivity index (χ0v) is 8.96. The van der Waals surface area contributed by atoms with Crippen molar-refractivity contribution in [1.29, 1.82) is 0 Å². The Hall–Kier alpha value is -1.06. The average molecular weight is 198 g/mol. The van der Waals surface area contributed by atoms with E-state index >= 15 is 0 Å². The predicted molar refractivity (Wildman–Crippen MR) is 53.6 cm³/mol. The third-order valence-corrected chi connectivity index (χ3v) is 2.46. The van der Waals surface area contributed by atoms with E-state index in [0.29, 0.717) is 6.42 Å². The van der Waals surface area contributed by atoms with Crippen molar-refractivity contribution in [2.75, 3.05) is 0 Å². The lowest BCUT2D eigenvalue weighted by molar-refractivity contribution is -0.138. The lowest BCUT2D eigenvalue weighted by Crippen LogP contribution is -2.63. The molecule has 0 bridgehead atoms. The third kappa shape index (κ3) is 2.25. The topological polar surface area (TPSA) is 58.2 Å². The van der Waals surface area contributed by atoms with E-state index in [1.807, 2.05) is 20.8 Å². The van der Waals surface area contributed by atoms with Gasteiger partial charge in [0.15, 0.2) is 0 Å². The van der Waals surface area contributed by atoms with Crippen molar-refractivity contribution in [1.82, 2.24) is 10.6 Å². The minimum absolute atomic E-state index is 0.0508. The molecule has 1 aliphatic heterocycles. The van der Waals surface area contributed by atoms with E-state index < -0.39 is 0 Å². The molecule has 2 unspecified atom stereocenters. The van der Waals surface area contributed by atoms with Gasteiger partial charge in [0.05, 0.1) is 0 Å². The fraction of sp³-hybridized carbons (Fsp3) is 0.800. The van der Waals surface area contributed by atoms with Crippen molar-refractivity contribution in [2.45, 2.75) is 45.7 Å². The molecule has 4 heteroatoms. The van der Waals surface area contributed by atoms with Crippen LogP contribution >= 0.6 is 0 Å². The molecular formula is C10H18N2O2. The molecule has 1 aliphatic rings. The Bertz CT molecular complexity index is 238. The Kier molecular flexibility index (Phi) is 3.49. The van der Waals surface area contributed by atoms with Gasteiger partial charge < -0.3 is 10.6 Å². The summed E-state index contributed by atoms with van der Waals surface area (Å²) in [5.41, 5.74) is 0. The Labute approximate surface area is 84.4 Å². The van der Waals surface area contributed by atoms with E-state index in [1.54, 1.807) is 0 Å². The van der Waals surface area contributed by atoms with Crippen LogP contribution in [0.25, 0.3) is 0 Å². The molecule has 0 spiro atoms. The van der Waals surface area contributed by atoms with Crippen LogP contribution in [0.2, 0.25) is 0 Å². The second-order valence-corrected chi connectivity index (χ2v) is 4.08. The molecule has 1 heterocycles. The summed E-state index contributed by atoms with van der Waals surface area (Å²) in [6, 6.07) is -0.696. The number of amides is 2. The van der Waals surface area contributed by atoms with Crippen LogP contribution in [0.4, 0.5) is 0 Å². The van der Waals surface area contributed by atoms with Crippen LogP contribution in [0, 0.1) is 5.92 Å². The summed E-state index contributed by atoms with van der Waals surface area (Å²) in [6.07, 6.45) is 1.60. The molecule has 0 aromatic carbocycles. The minimum Gasteiger partial charge on any atom is -0.343 e. The summed E-state index contributed by atoms with van der Waals surface area (Å²) in [7, 11) is 0. The van der Waals surface area contributed by atoms with Crippen LogP contribution in [0.5, 0.6) is 0 Å². The van der Waals surface area contributed by atoms with Gasteiger partial charge in [-0.25, -0.2) is 0 Å². The molecule has 1 rings (SSSR count). The molecule has 0 saturated carbocycles. The fourth-order valence-corrected chi connectivity index (χ4v) is 1.61. The van der Waals surface area contributed by atoms with Crippen molar-refractivity contribution in [2.24, 2.45) is 5.92 Å². The Morgan fingerprint density at radius 2 is 1.86 bits per heavy atom. The van der Waals surface area contributed by atoms with Crippen LogP contribution in [0.3, 0.4) is 0 Å². The van der Waals surface area contributed by atoms with Crippen molar-refractivity contribution < 1.29 is 9.59 Å². The lowest BCUT2D eigenvalue weighted by Gasteiger charge is -2.31.